The molecule has 1 fully saturated rings. The minimum absolute atomic E-state index is 0.565. The van der Waals surface area contributed by atoms with Gasteiger partial charge in [-0.05, 0) is 34.1 Å². The molecule has 4 heteroatoms. The van der Waals surface area contributed by atoms with Crippen molar-refractivity contribution in [3.05, 3.63) is 22.7 Å². The Morgan fingerprint density at radius 3 is 2.79 bits per heavy atom. The largest absolute Gasteiger partial charge is 0.496 e. The number of hydrogen-bond acceptors (Lipinski definition) is 3. The third-order valence-corrected chi connectivity index (χ3v) is 2.92. The van der Waals surface area contributed by atoms with Gasteiger partial charge in [-0.1, -0.05) is 0 Å². The molecule has 1 aliphatic heterocycles. The molecule has 0 spiro atoms. The molecule has 0 atom stereocenters. The molecule has 0 amide bonds. The first-order valence-corrected chi connectivity index (χ1v) is 5.39. The first kappa shape index (κ1) is 9.80. The molecule has 1 aliphatic rings. The van der Waals surface area contributed by atoms with E-state index < -0.39 is 0 Å². The molecule has 1 saturated heterocycles. The quantitative estimate of drug-likeness (QED) is 0.866. The molecule has 3 nitrogen and oxygen atoms in total. The van der Waals surface area contributed by atoms with Gasteiger partial charge in [0.15, 0.2) is 0 Å². The minimum atomic E-state index is 0.565. The van der Waals surface area contributed by atoms with Crippen molar-refractivity contribution in [3.8, 4) is 5.75 Å². The number of anilines is 1. The zero-order valence-corrected chi connectivity index (χ0v) is 9.60. The predicted molar refractivity (Wildman–Crippen MR) is 61.0 cm³/mol. The Balaban J connectivity index is 2.07. The van der Waals surface area contributed by atoms with Crippen LogP contribution < -0.4 is 15.4 Å². The lowest BCUT2D eigenvalue weighted by Gasteiger charge is -2.29. The molecule has 0 unspecified atom stereocenters. The lowest BCUT2D eigenvalue weighted by molar-refractivity contribution is 0.412. The summed E-state index contributed by atoms with van der Waals surface area (Å²) in [6.07, 6.45) is 0. The highest BCUT2D eigenvalue weighted by molar-refractivity contribution is 9.10. The summed E-state index contributed by atoms with van der Waals surface area (Å²) in [5.41, 5.74) is 1.13. The molecule has 14 heavy (non-hydrogen) atoms. The SMILES string of the molecule is COc1ccc(NC2CNC2)cc1Br. The van der Waals surface area contributed by atoms with Gasteiger partial charge < -0.3 is 15.4 Å². The van der Waals surface area contributed by atoms with E-state index >= 15 is 0 Å². The van der Waals surface area contributed by atoms with E-state index in [4.69, 9.17) is 4.74 Å². The molecule has 0 aromatic heterocycles. The highest BCUT2D eigenvalue weighted by atomic mass is 79.9. The standard InChI is InChI=1S/C10H13BrN2O/c1-14-10-3-2-7(4-9(10)11)13-8-5-12-6-8/h2-4,8,12-13H,5-6H2,1H3. The zero-order valence-electron chi connectivity index (χ0n) is 8.01. The van der Waals surface area contributed by atoms with Gasteiger partial charge >= 0.3 is 0 Å². The van der Waals surface area contributed by atoms with Crippen molar-refractivity contribution >= 4 is 21.6 Å². The van der Waals surface area contributed by atoms with E-state index in [0.717, 1.165) is 29.0 Å². The van der Waals surface area contributed by atoms with Crippen LogP contribution in [0.1, 0.15) is 0 Å². The number of halogens is 1. The fraction of sp³-hybridized carbons (Fsp3) is 0.400. The Hall–Kier alpha value is -0.740. The summed E-state index contributed by atoms with van der Waals surface area (Å²) in [5.74, 6) is 0.863. The zero-order chi connectivity index (χ0) is 9.97. The van der Waals surface area contributed by atoms with Crippen molar-refractivity contribution in [3.63, 3.8) is 0 Å². The molecule has 1 heterocycles. The fourth-order valence-electron chi connectivity index (χ4n) is 1.38. The minimum Gasteiger partial charge on any atom is -0.496 e. The molecule has 0 aliphatic carbocycles. The van der Waals surface area contributed by atoms with E-state index in [1.165, 1.54) is 0 Å². The normalized spacial score (nSPS) is 16.1. The first-order chi connectivity index (χ1) is 6.79. The van der Waals surface area contributed by atoms with Crippen LogP contribution >= 0.6 is 15.9 Å². The summed E-state index contributed by atoms with van der Waals surface area (Å²) in [5, 5.41) is 6.64. The van der Waals surface area contributed by atoms with Crippen LogP contribution in [-0.2, 0) is 0 Å². The molecule has 0 bridgehead atoms. The maximum Gasteiger partial charge on any atom is 0.133 e. The number of ether oxygens (including phenoxy) is 1. The van der Waals surface area contributed by atoms with Gasteiger partial charge in [0.1, 0.15) is 5.75 Å². The van der Waals surface area contributed by atoms with Crippen LogP contribution in [-0.4, -0.2) is 26.2 Å². The van der Waals surface area contributed by atoms with E-state index in [2.05, 4.69) is 26.6 Å². The maximum atomic E-state index is 5.16. The Morgan fingerprint density at radius 2 is 2.29 bits per heavy atom. The van der Waals surface area contributed by atoms with Crippen molar-refractivity contribution in [1.82, 2.24) is 5.32 Å². The van der Waals surface area contributed by atoms with Crippen LogP contribution in [0.5, 0.6) is 5.75 Å². The molecule has 1 aromatic carbocycles. The van der Waals surface area contributed by atoms with Gasteiger partial charge in [0.05, 0.1) is 17.6 Å². The van der Waals surface area contributed by atoms with Crippen LogP contribution in [0, 0.1) is 0 Å². The second-order valence-corrected chi connectivity index (χ2v) is 4.20. The van der Waals surface area contributed by atoms with E-state index in [0.29, 0.717) is 6.04 Å². The molecular weight excluding hydrogens is 244 g/mol. The van der Waals surface area contributed by atoms with Gasteiger partial charge in [-0.2, -0.15) is 0 Å². The van der Waals surface area contributed by atoms with Crippen molar-refractivity contribution in [2.45, 2.75) is 6.04 Å². The van der Waals surface area contributed by atoms with E-state index in [1.54, 1.807) is 7.11 Å². The van der Waals surface area contributed by atoms with Gasteiger partial charge in [-0.3, -0.25) is 0 Å². The van der Waals surface area contributed by atoms with Crippen LogP contribution in [0.2, 0.25) is 0 Å². The topological polar surface area (TPSA) is 33.3 Å². The van der Waals surface area contributed by atoms with Gasteiger partial charge in [0.25, 0.3) is 0 Å². The first-order valence-electron chi connectivity index (χ1n) is 4.60. The molecule has 0 radical (unpaired) electrons. The van der Waals surface area contributed by atoms with Gasteiger partial charge in [-0.25, -0.2) is 0 Å². The molecular formula is C10H13BrN2O. The maximum absolute atomic E-state index is 5.16. The average molecular weight is 257 g/mol. The summed E-state index contributed by atoms with van der Waals surface area (Å²) < 4.78 is 6.14. The van der Waals surface area contributed by atoms with Crippen molar-refractivity contribution < 1.29 is 4.74 Å². The van der Waals surface area contributed by atoms with Crippen LogP contribution in [0.4, 0.5) is 5.69 Å². The van der Waals surface area contributed by atoms with E-state index in [-0.39, 0.29) is 0 Å². The van der Waals surface area contributed by atoms with Crippen molar-refractivity contribution in [2.75, 3.05) is 25.5 Å². The van der Waals surface area contributed by atoms with Gasteiger partial charge in [0, 0.05) is 18.8 Å². The average Bonchev–Trinajstić information content (AvgIpc) is 2.12. The number of methoxy groups -OCH3 is 1. The number of nitrogens with one attached hydrogen (secondary N) is 2. The third-order valence-electron chi connectivity index (χ3n) is 2.30. The fourth-order valence-corrected chi connectivity index (χ4v) is 1.92. The van der Waals surface area contributed by atoms with E-state index in [9.17, 15) is 0 Å². The summed E-state index contributed by atoms with van der Waals surface area (Å²) in [4.78, 5) is 0. The Labute approximate surface area is 92.0 Å². The Kier molecular flexibility index (Phi) is 2.93. The summed E-state index contributed by atoms with van der Waals surface area (Å²) in [6.45, 7) is 2.09. The van der Waals surface area contributed by atoms with E-state index in [1.807, 2.05) is 18.2 Å². The summed E-state index contributed by atoms with van der Waals surface area (Å²) >= 11 is 3.46. The van der Waals surface area contributed by atoms with Crippen LogP contribution in [0.3, 0.4) is 0 Å². The Morgan fingerprint density at radius 1 is 1.50 bits per heavy atom. The lowest BCUT2D eigenvalue weighted by Crippen LogP contribution is -2.51. The van der Waals surface area contributed by atoms with Crippen molar-refractivity contribution in [2.24, 2.45) is 0 Å². The van der Waals surface area contributed by atoms with Crippen molar-refractivity contribution in [1.29, 1.82) is 0 Å². The second-order valence-electron chi connectivity index (χ2n) is 3.35. The van der Waals surface area contributed by atoms with Crippen LogP contribution in [0.15, 0.2) is 22.7 Å². The predicted octanol–water partition coefficient (Wildman–Crippen LogP) is 1.84. The Bertz CT molecular complexity index is 326. The number of hydrogen-bond donors (Lipinski definition) is 2. The second kappa shape index (κ2) is 4.19. The lowest BCUT2D eigenvalue weighted by atomic mass is 10.1. The molecule has 1 aromatic rings. The molecule has 0 saturated carbocycles. The number of rotatable bonds is 3. The molecule has 76 valence electrons. The highest BCUT2D eigenvalue weighted by Gasteiger charge is 2.16. The smallest absolute Gasteiger partial charge is 0.133 e. The monoisotopic (exact) mass is 256 g/mol. The molecule has 2 rings (SSSR count). The third kappa shape index (κ3) is 2.01. The highest BCUT2D eigenvalue weighted by Crippen LogP contribution is 2.28. The summed E-state index contributed by atoms with van der Waals surface area (Å²) in [6, 6.07) is 6.59. The van der Waals surface area contributed by atoms with Crippen LogP contribution in [0.25, 0.3) is 0 Å². The number of benzene rings is 1. The summed E-state index contributed by atoms with van der Waals surface area (Å²) in [7, 11) is 1.67. The molecule has 2 N–H and O–H groups in total. The van der Waals surface area contributed by atoms with Gasteiger partial charge in [-0.15, -0.1) is 0 Å². The van der Waals surface area contributed by atoms with Gasteiger partial charge in [0.2, 0.25) is 0 Å².